The van der Waals surface area contributed by atoms with Crippen molar-refractivity contribution in [2.75, 3.05) is 31.2 Å². The fraction of sp³-hybridized carbons (Fsp3) is 0.455. The Morgan fingerprint density at radius 3 is 3.00 bits per heavy atom. The number of anilines is 1. The molecule has 0 N–H and O–H groups in total. The van der Waals surface area contributed by atoms with Crippen molar-refractivity contribution in [2.24, 2.45) is 0 Å². The van der Waals surface area contributed by atoms with Crippen molar-refractivity contribution in [3.63, 3.8) is 0 Å². The number of hydrogen-bond acceptors (Lipinski definition) is 4. The van der Waals surface area contributed by atoms with Crippen LogP contribution < -0.4 is 4.90 Å². The number of hydrogen-bond donors (Lipinski definition) is 0. The van der Waals surface area contributed by atoms with Crippen LogP contribution in [0.1, 0.15) is 16.9 Å². The second-order valence-corrected chi connectivity index (χ2v) is 3.51. The number of carbonyl (C=O) groups is 1. The zero-order valence-corrected chi connectivity index (χ0v) is 8.56. The van der Waals surface area contributed by atoms with Gasteiger partial charge in [-0.15, -0.1) is 0 Å². The van der Waals surface area contributed by atoms with Crippen LogP contribution in [0.3, 0.4) is 0 Å². The molecule has 0 amide bonds. The van der Waals surface area contributed by atoms with Crippen molar-refractivity contribution in [3.05, 3.63) is 24.0 Å². The molecule has 0 bridgehead atoms. The summed E-state index contributed by atoms with van der Waals surface area (Å²) in [5.74, 6) is 0. The van der Waals surface area contributed by atoms with E-state index in [-0.39, 0.29) is 0 Å². The third-order valence-electron chi connectivity index (χ3n) is 2.48. The Bertz CT molecular complexity index is 316. The number of aldehydes is 1. The monoisotopic (exact) mass is 206 g/mol. The van der Waals surface area contributed by atoms with Gasteiger partial charge in [-0.1, -0.05) is 0 Å². The van der Waals surface area contributed by atoms with Crippen molar-refractivity contribution < 1.29 is 9.53 Å². The van der Waals surface area contributed by atoms with Gasteiger partial charge >= 0.3 is 0 Å². The molecule has 0 saturated carbocycles. The van der Waals surface area contributed by atoms with Crippen LogP contribution in [0.15, 0.2) is 18.3 Å². The SMILES string of the molecule is O=Cc1ccc(N2CCCOCC2)cn1. The zero-order chi connectivity index (χ0) is 10.5. The van der Waals surface area contributed by atoms with Crippen molar-refractivity contribution in [2.45, 2.75) is 6.42 Å². The van der Waals surface area contributed by atoms with Gasteiger partial charge in [-0.05, 0) is 18.6 Å². The minimum atomic E-state index is 0.477. The highest BCUT2D eigenvalue weighted by Gasteiger charge is 2.09. The van der Waals surface area contributed by atoms with Crippen LogP contribution in [0.2, 0.25) is 0 Å². The first-order valence-electron chi connectivity index (χ1n) is 5.14. The third-order valence-corrected chi connectivity index (χ3v) is 2.48. The highest BCUT2D eigenvalue weighted by Crippen LogP contribution is 2.14. The van der Waals surface area contributed by atoms with Gasteiger partial charge in [-0.25, -0.2) is 0 Å². The van der Waals surface area contributed by atoms with Crippen LogP contribution in [-0.2, 0) is 4.74 Å². The van der Waals surface area contributed by atoms with Gasteiger partial charge in [0.1, 0.15) is 5.69 Å². The summed E-state index contributed by atoms with van der Waals surface area (Å²) in [6, 6.07) is 3.68. The quantitative estimate of drug-likeness (QED) is 0.680. The predicted octanol–water partition coefficient (Wildman–Crippen LogP) is 1.12. The van der Waals surface area contributed by atoms with Crippen molar-refractivity contribution in [1.82, 2.24) is 4.98 Å². The van der Waals surface area contributed by atoms with Crippen LogP contribution in [0, 0.1) is 0 Å². The Balaban J connectivity index is 2.09. The van der Waals surface area contributed by atoms with Gasteiger partial charge in [0.05, 0.1) is 18.5 Å². The first-order chi connectivity index (χ1) is 7.40. The molecule has 80 valence electrons. The van der Waals surface area contributed by atoms with Crippen molar-refractivity contribution >= 4 is 12.0 Å². The zero-order valence-electron chi connectivity index (χ0n) is 8.56. The molecule has 4 heteroatoms. The van der Waals surface area contributed by atoms with E-state index in [1.54, 1.807) is 12.3 Å². The molecular formula is C11H14N2O2. The number of pyridine rings is 1. The molecule has 0 atom stereocenters. The topological polar surface area (TPSA) is 42.4 Å². The average molecular weight is 206 g/mol. The van der Waals surface area contributed by atoms with Gasteiger partial charge in [-0.3, -0.25) is 9.78 Å². The molecule has 15 heavy (non-hydrogen) atoms. The summed E-state index contributed by atoms with van der Waals surface area (Å²) in [5, 5.41) is 0. The molecule has 1 aliphatic heterocycles. The van der Waals surface area contributed by atoms with E-state index in [1.165, 1.54) is 0 Å². The maximum atomic E-state index is 10.5. The lowest BCUT2D eigenvalue weighted by atomic mass is 10.3. The van der Waals surface area contributed by atoms with Crippen LogP contribution in [0.4, 0.5) is 5.69 Å². The van der Waals surface area contributed by atoms with Crippen LogP contribution in [0.25, 0.3) is 0 Å². The lowest BCUT2D eigenvalue weighted by molar-refractivity contribution is 0.111. The Morgan fingerprint density at radius 2 is 2.27 bits per heavy atom. The molecule has 1 fully saturated rings. The average Bonchev–Trinajstić information content (AvgIpc) is 2.58. The van der Waals surface area contributed by atoms with E-state index in [4.69, 9.17) is 4.74 Å². The molecule has 0 aliphatic carbocycles. The van der Waals surface area contributed by atoms with E-state index in [1.807, 2.05) is 6.07 Å². The van der Waals surface area contributed by atoms with Crippen molar-refractivity contribution in [1.29, 1.82) is 0 Å². The maximum absolute atomic E-state index is 10.5. The summed E-state index contributed by atoms with van der Waals surface area (Å²) in [4.78, 5) is 16.7. The summed E-state index contributed by atoms with van der Waals surface area (Å²) in [6.07, 6.45) is 3.54. The number of aromatic nitrogens is 1. The van der Waals surface area contributed by atoms with E-state index in [9.17, 15) is 4.79 Å². The van der Waals surface area contributed by atoms with Crippen LogP contribution in [-0.4, -0.2) is 37.6 Å². The van der Waals surface area contributed by atoms with Crippen LogP contribution in [0.5, 0.6) is 0 Å². The molecule has 1 aliphatic rings. The largest absolute Gasteiger partial charge is 0.380 e. The molecular weight excluding hydrogens is 192 g/mol. The van der Waals surface area contributed by atoms with E-state index in [2.05, 4.69) is 9.88 Å². The van der Waals surface area contributed by atoms with Gasteiger partial charge in [0.15, 0.2) is 6.29 Å². The van der Waals surface area contributed by atoms with E-state index in [0.717, 1.165) is 44.7 Å². The van der Waals surface area contributed by atoms with Gasteiger partial charge in [0.2, 0.25) is 0 Å². The first kappa shape index (κ1) is 10.1. The minimum absolute atomic E-state index is 0.477. The van der Waals surface area contributed by atoms with Gasteiger partial charge in [0.25, 0.3) is 0 Å². The van der Waals surface area contributed by atoms with E-state index in [0.29, 0.717) is 5.69 Å². The summed E-state index contributed by atoms with van der Waals surface area (Å²) < 4.78 is 5.37. The lowest BCUT2D eigenvalue weighted by Crippen LogP contribution is -2.25. The standard InChI is InChI=1S/C11H14N2O2/c14-9-10-2-3-11(8-12-10)13-4-1-6-15-7-5-13/h2-3,8-9H,1,4-7H2. The number of nitrogens with zero attached hydrogens (tertiary/aromatic N) is 2. The summed E-state index contributed by atoms with van der Waals surface area (Å²) >= 11 is 0. The predicted molar refractivity (Wildman–Crippen MR) is 57.3 cm³/mol. The molecule has 4 nitrogen and oxygen atoms in total. The number of carbonyl (C=O) groups excluding carboxylic acids is 1. The second-order valence-electron chi connectivity index (χ2n) is 3.51. The highest BCUT2D eigenvalue weighted by atomic mass is 16.5. The number of ether oxygens (including phenoxy) is 1. The molecule has 1 aromatic rings. The Labute approximate surface area is 88.9 Å². The van der Waals surface area contributed by atoms with Gasteiger partial charge in [0, 0.05) is 19.7 Å². The van der Waals surface area contributed by atoms with Crippen molar-refractivity contribution in [3.8, 4) is 0 Å². The summed E-state index contributed by atoms with van der Waals surface area (Å²) in [7, 11) is 0. The molecule has 0 radical (unpaired) electrons. The van der Waals surface area contributed by atoms with Gasteiger partial charge in [-0.2, -0.15) is 0 Å². The van der Waals surface area contributed by atoms with E-state index < -0.39 is 0 Å². The van der Waals surface area contributed by atoms with E-state index >= 15 is 0 Å². The summed E-state index contributed by atoms with van der Waals surface area (Å²) in [5.41, 5.74) is 1.54. The molecule has 2 rings (SSSR count). The Kier molecular flexibility index (Phi) is 3.29. The molecule has 0 spiro atoms. The molecule has 0 unspecified atom stereocenters. The molecule has 1 aromatic heterocycles. The molecule has 2 heterocycles. The third kappa shape index (κ3) is 2.53. The fourth-order valence-electron chi connectivity index (χ4n) is 1.66. The van der Waals surface area contributed by atoms with Crippen LogP contribution >= 0.6 is 0 Å². The minimum Gasteiger partial charge on any atom is -0.380 e. The molecule has 1 saturated heterocycles. The Hall–Kier alpha value is -1.42. The number of rotatable bonds is 2. The maximum Gasteiger partial charge on any atom is 0.168 e. The lowest BCUT2D eigenvalue weighted by Gasteiger charge is -2.21. The summed E-state index contributed by atoms with van der Waals surface area (Å²) in [6.45, 7) is 3.47. The second kappa shape index (κ2) is 4.89. The molecule has 0 aromatic carbocycles. The normalized spacial score (nSPS) is 17.2. The smallest absolute Gasteiger partial charge is 0.168 e. The Morgan fingerprint density at radius 1 is 1.33 bits per heavy atom. The highest BCUT2D eigenvalue weighted by molar-refractivity contribution is 5.72. The van der Waals surface area contributed by atoms with Gasteiger partial charge < -0.3 is 9.64 Å². The first-order valence-corrected chi connectivity index (χ1v) is 5.14. The fourth-order valence-corrected chi connectivity index (χ4v) is 1.66.